The summed E-state index contributed by atoms with van der Waals surface area (Å²) in [6, 6.07) is 9.37. The summed E-state index contributed by atoms with van der Waals surface area (Å²) in [5.74, 6) is 0. The Bertz CT molecular complexity index is 697. The lowest BCUT2D eigenvalue weighted by molar-refractivity contribution is -0.385. The molecule has 0 bridgehead atoms. The summed E-state index contributed by atoms with van der Waals surface area (Å²) in [5, 5.41) is 10.5. The lowest BCUT2D eigenvalue weighted by atomic mass is 10.0. The average Bonchev–Trinajstić information content (AvgIpc) is 2.53. The highest BCUT2D eigenvalue weighted by Gasteiger charge is 2.13. The third-order valence-corrected chi connectivity index (χ3v) is 3.95. The number of nitrogen functional groups attached to an aromatic ring is 2. The predicted molar refractivity (Wildman–Crippen MR) is 96.6 cm³/mol. The van der Waals surface area contributed by atoms with Crippen LogP contribution in [0, 0.1) is 24.0 Å². The monoisotopic (exact) mass is 315 g/mol. The molecule has 23 heavy (non-hydrogen) atoms. The van der Waals surface area contributed by atoms with E-state index < -0.39 is 4.92 Å². The molecule has 0 aromatic heterocycles. The van der Waals surface area contributed by atoms with Gasteiger partial charge in [0, 0.05) is 23.0 Å². The third-order valence-electron chi connectivity index (χ3n) is 3.95. The quantitative estimate of drug-likeness (QED) is 0.504. The van der Waals surface area contributed by atoms with Gasteiger partial charge in [-0.05, 0) is 43.4 Å². The molecule has 2 aromatic rings. The van der Waals surface area contributed by atoms with Gasteiger partial charge in [-0.3, -0.25) is 10.1 Å². The van der Waals surface area contributed by atoms with Gasteiger partial charge in [-0.1, -0.05) is 38.1 Å². The van der Waals surface area contributed by atoms with Gasteiger partial charge in [0.2, 0.25) is 0 Å². The molecule has 0 spiro atoms. The van der Waals surface area contributed by atoms with Gasteiger partial charge in [-0.15, -0.1) is 0 Å². The first-order valence-corrected chi connectivity index (χ1v) is 7.69. The highest BCUT2D eigenvalue weighted by Crippen LogP contribution is 2.26. The molecule has 2 rings (SSSR count). The summed E-state index contributed by atoms with van der Waals surface area (Å²) in [4.78, 5) is 10.1. The van der Waals surface area contributed by atoms with Crippen molar-refractivity contribution in [3.63, 3.8) is 0 Å². The maximum Gasteiger partial charge on any atom is 0.274 e. The number of hydrogen-bond acceptors (Lipinski definition) is 4. The van der Waals surface area contributed by atoms with Gasteiger partial charge in [-0.2, -0.15) is 0 Å². The van der Waals surface area contributed by atoms with Crippen LogP contribution in [0.3, 0.4) is 0 Å². The van der Waals surface area contributed by atoms with E-state index >= 15 is 0 Å². The number of hydrogen-bond donors (Lipinski definition) is 2. The minimum absolute atomic E-state index is 0.0923. The summed E-state index contributed by atoms with van der Waals surface area (Å²) in [7, 11) is 0. The minimum atomic E-state index is -0.412. The normalized spacial score (nSPS) is 9.91. The zero-order valence-corrected chi connectivity index (χ0v) is 14.2. The fraction of sp³-hybridized carbons (Fsp3) is 0.333. The molecule has 5 nitrogen and oxygen atoms in total. The lowest BCUT2D eigenvalue weighted by Gasteiger charge is -2.05. The van der Waals surface area contributed by atoms with Crippen LogP contribution in [-0.2, 0) is 12.8 Å². The van der Waals surface area contributed by atoms with Crippen molar-refractivity contribution in [3.05, 3.63) is 62.7 Å². The van der Waals surface area contributed by atoms with Crippen molar-refractivity contribution in [1.82, 2.24) is 0 Å². The highest BCUT2D eigenvalue weighted by molar-refractivity contribution is 5.61. The number of benzene rings is 2. The second-order valence-corrected chi connectivity index (χ2v) is 5.39. The molecule has 0 amide bonds. The second-order valence-electron chi connectivity index (χ2n) is 5.39. The van der Waals surface area contributed by atoms with Crippen LogP contribution in [0.1, 0.15) is 36.1 Å². The van der Waals surface area contributed by atoms with Crippen LogP contribution >= 0.6 is 0 Å². The molecule has 0 aliphatic heterocycles. The van der Waals surface area contributed by atoms with E-state index in [-0.39, 0.29) is 5.69 Å². The number of rotatable bonds is 3. The number of nitro benzene ring substituents is 1. The van der Waals surface area contributed by atoms with E-state index in [2.05, 4.69) is 13.0 Å². The van der Waals surface area contributed by atoms with Gasteiger partial charge in [-0.25, -0.2) is 0 Å². The summed E-state index contributed by atoms with van der Waals surface area (Å²) < 4.78 is 0. The van der Waals surface area contributed by atoms with Gasteiger partial charge in [0.1, 0.15) is 0 Å². The molecule has 0 aliphatic rings. The lowest BCUT2D eigenvalue weighted by Crippen LogP contribution is -2.00. The summed E-state index contributed by atoms with van der Waals surface area (Å²) >= 11 is 0. The van der Waals surface area contributed by atoms with Gasteiger partial charge in [0.15, 0.2) is 0 Å². The highest BCUT2D eigenvalue weighted by atomic mass is 16.6. The topological polar surface area (TPSA) is 95.2 Å². The summed E-state index contributed by atoms with van der Waals surface area (Å²) in [6.45, 7) is 7.79. The van der Waals surface area contributed by atoms with E-state index in [0.29, 0.717) is 11.3 Å². The van der Waals surface area contributed by atoms with Crippen molar-refractivity contribution < 1.29 is 4.92 Å². The van der Waals surface area contributed by atoms with Crippen LogP contribution < -0.4 is 11.5 Å². The van der Waals surface area contributed by atoms with E-state index in [0.717, 1.165) is 24.1 Å². The van der Waals surface area contributed by atoms with Crippen molar-refractivity contribution in [1.29, 1.82) is 0 Å². The fourth-order valence-corrected chi connectivity index (χ4v) is 2.33. The van der Waals surface area contributed by atoms with Crippen LogP contribution in [0.2, 0.25) is 0 Å². The van der Waals surface area contributed by atoms with E-state index in [1.54, 1.807) is 13.0 Å². The van der Waals surface area contributed by atoms with Crippen molar-refractivity contribution in [2.24, 2.45) is 0 Å². The Hall–Kier alpha value is -2.56. The Morgan fingerprint density at radius 2 is 1.52 bits per heavy atom. The predicted octanol–water partition coefficient (Wildman–Crippen LogP) is 4.19. The standard InChI is InChI=1S/C9H12N2O2.C9H13N/c1-3-7-4-5-8(11(12)13)6(2)9(7)10;1-3-8-6-4-5-7(2)9(8)10/h4-5H,3,10H2,1-2H3;4-6H,3,10H2,1-2H3. The molecule has 0 fully saturated rings. The third kappa shape index (κ3) is 4.45. The zero-order chi connectivity index (χ0) is 17.6. The molecule has 0 saturated carbocycles. The first kappa shape index (κ1) is 18.5. The molecule has 5 heteroatoms. The molecule has 2 aromatic carbocycles. The Morgan fingerprint density at radius 3 is 2.00 bits per heavy atom. The van der Waals surface area contributed by atoms with Crippen LogP contribution in [0.25, 0.3) is 0 Å². The van der Waals surface area contributed by atoms with Crippen LogP contribution in [0.15, 0.2) is 30.3 Å². The molecule has 0 atom stereocenters. The minimum Gasteiger partial charge on any atom is -0.398 e. The fourth-order valence-electron chi connectivity index (χ4n) is 2.33. The van der Waals surface area contributed by atoms with Crippen molar-refractivity contribution in [3.8, 4) is 0 Å². The van der Waals surface area contributed by atoms with E-state index in [1.165, 1.54) is 17.2 Å². The number of aryl methyl sites for hydroxylation is 3. The van der Waals surface area contributed by atoms with Gasteiger partial charge in [0.05, 0.1) is 4.92 Å². The maximum atomic E-state index is 10.5. The van der Waals surface area contributed by atoms with Crippen LogP contribution in [-0.4, -0.2) is 4.92 Å². The first-order valence-electron chi connectivity index (χ1n) is 7.69. The van der Waals surface area contributed by atoms with Crippen molar-refractivity contribution in [2.75, 3.05) is 11.5 Å². The maximum absolute atomic E-state index is 10.5. The Labute approximate surface area is 137 Å². The molecule has 0 saturated heterocycles. The van der Waals surface area contributed by atoms with Crippen molar-refractivity contribution in [2.45, 2.75) is 40.5 Å². The Kier molecular flexibility index (Phi) is 6.57. The summed E-state index contributed by atoms with van der Waals surface area (Å²) in [5.41, 5.74) is 17.1. The van der Waals surface area contributed by atoms with Gasteiger partial charge in [0.25, 0.3) is 5.69 Å². The number of para-hydroxylation sites is 1. The molecule has 0 aliphatic carbocycles. The van der Waals surface area contributed by atoms with Crippen molar-refractivity contribution >= 4 is 17.1 Å². The molecule has 4 N–H and O–H groups in total. The van der Waals surface area contributed by atoms with Crippen LogP contribution in [0.4, 0.5) is 17.1 Å². The van der Waals surface area contributed by atoms with E-state index in [4.69, 9.17) is 11.5 Å². The SMILES string of the molecule is CCc1ccc([N+](=O)[O-])c(C)c1N.CCc1cccc(C)c1N. The van der Waals surface area contributed by atoms with Crippen LogP contribution in [0.5, 0.6) is 0 Å². The van der Waals surface area contributed by atoms with Gasteiger partial charge < -0.3 is 11.5 Å². The Morgan fingerprint density at radius 1 is 0.957 bits per heavy atom. The Balaban J connectivity index is 0.000000238. The smallest absolute Gasteiger partial charge is 0.274 e. The van der Waals surface area contributed by atoms with E-state index in [9.17, 15) is 10.1 Å². The average molecular weight is 315 g/mol. The molecule has 0 heterocycles. The molecular weight excluding hydrogens is 290 g/mol. The van der Waals surface area contributed by atoms with Gasteiger partial charge >= 0.3 is 0 Å². The largest absolute Gasteiger partial charge is 0.398 e. The number of anilines is 2. The molecule has 0 radical (unpaired) electrons. The molecular formula is C18H25N3O2. The number of nitro groups is 1. The number of nitrogens with two attached hydrogens (primary N) is 2. The van der Waals surface area contributed by atoms with E-state index in [1.807, 2.05) is 26.0 Å². The second kappa shape index (κ2) is 8.17. The number of nitrogens with zero attached hydrogens (tertiary/aromatic N) is 1. The summed E-state index contributed by atoms with van der Waals surface area (Å²) in [6.07, 6.45) is 1.82. The molecule has 0 unspecified atom stereocenters. The first-order chi connectivity index (χ1) is 10.8. The zero-order valence-electron chi connectivity index (χ0n) is 14.2. The molecule has 124 valence electrons.